The van der Waals surface area contributed by atoms with Gasteiger partial charge in [-0.05, 0) is 72.1 Å². The van der Waals surface area contributed by atoms with Crippen LogP contribution >= 0.6 is 0 Å². The Morgan fingerprint density at radius 3 is 2.67 bits per heavy atom. The van der Waals surface area contributed by atoms with E-state index in [4.69, 9.17) is 9.47 Å². The van der Waals surface area contributed by atoms with Crippen molar-refractivity contribution in [2.45, 2.75) is 26.4 Å². The molecule has 10 nitrogen and oxygen atoms in total. The Morgan fingerprint density at radius 1 is 1.03 bits per heavy atom. The van der Waals surface area contributed by atoms with E-state index >= 15 is 0 Å². The van der Waals surface area contributed by atoms with Gasteiger partial charge in [-0.3, -0.25) is 9.69 Å². The molecule has 4 aromatic rings. The molecule has 2 aromatic carbocycles. The van der Waals surface area contributed by atoms with E-state index in [-0.39, 0.29) is 18.4 Å². The van der Waals surface area contributed by atoms with Crippen LogP contribution in [-0.4, -0.2) is 75.0 Å². The van der Waals surface area contributed by atoms with Crippen LogP contribution in [0, 0.1) is 13.8 Å². The smallest absolute Gasteiger partial charge is 0.253 e. The maximum atomic E-state index is 13.5. The van der Waals surface area contributed by atoms with Crippen LogP contribution in [0.2, 0.25) is 0 Å². The molecule has 1 atom stereocenters. The number of aromatic amines is 1. The number of tetrazole rings is 1. The van der Waals surface area contributed by atoms with Gasteiger partial charge in [-0.15, -0.1) is 5.10 Å². The topological polar surface area (TPSA) is 101 Å². The lowest BCUT2D eigenvalue weighted by Gasteiger charge is -2.37. The fourth-order valence-corrected chi connectivity index (χ4v) is 5.22. The molecule has 0 saturated carbocycles. The van der Waals surface area contributed by atoms with Crippen molar-refractivity contribution >= 4 is 10.9 Å². The minimum atomic E-state index is -0.378. The quantitative estimate of drug-likeness (QED) is 0.458. The van der Waals surface area contributed by atoms with E-state index in [9.17, 15) is 4.79 Å². The fraction of sp³-hybridized carbons (Fsp3) is 0.385. The molecule has 4 heterocycles. The molecule has 1 saturated heterocycles. The highest BCUT2D eigenvalue weighted by molar-refractivity contribution is 5.83. The molecule has 2 aromatic heterocycles. The zero-order chi connectivity index (χ0) is 24.8. The summed E-state index contributed by atoms with van der Waals surface area (Å²) in [6.07, 6.45) is 0. The Labute approximate surface area is 208 Å². The van der Waals surface area contributed by atoms with Gasteiger partial charge in [0.1, 0.15) is 6.04 Å². The number of ether oxygens (including phenoxy) is 2. The molecule has 2 aliphatic rings. The Morgan fingerprint density at radius 2 is 1.83 bits per heavy atom. The van der Waals surface area contributed by atoms with E-state index in [1.165, 1.54) is 0 Å². The second-order valence-corrected chi connectivity index (χ2v) is 9.72. The second-order valence-electron chi connectivity index (χ2n) is 9.72. The lowest BCUT2D eigenvalue weighted by Crippen LogP contribution is -2.47. The van der Waals surface area contributed by atoms with Crippen LogP contribution in [0.3, 0.4) is 0 Å². The number of piperazine rings is 1. The van der Waals surface area contributed by atoms with E-state index < -0.39 is 0 Å². The molecule has 0 amide bonds. The van der Waals surface area contributed by atoms with Crippen LogP contribution in [0.15, 0.2) is 41.2 Å². The maximum Gasteiger partial charge on any atom is 0.253 e. The number of aromatic nitrogens is 5. The largest absolute Gasteiger partial charge is 0.454 e. The lowest BCUT2D eigenvalue weighted by atomic mass is 10.00. The van der Waals surface area contributed by atoms with Gasteiger partial charge in [-0.25, -0.2) is 4.68 Å². The summed E-state index contributed by atoms with van der Waals surface area (Å²) in [5.41, 5.74) is 4.60. The van der Waals surface area contributed by atoms with E-state index in [0.717, 1.165) is 65.3 Å². The van der Waals surface area contributed by atoms with Crippen molar-refractivity contribution in [3.8, 4) is 11.5 Å². The third-order valence-corrected chi connectivity index (χ3v) is 7.09. The van der Waals surface area contributed by atoms with E-state index in [1.54, 1.807) is 4.68 Å². The van der Waals surface area contributed by atoms with E-state index in [1.807, 2.05) is 31.2 Å². The van der Waals surface area contributed by atoms with Crippen molar-refractivity contribution < 1.29 is 9.47 Å². The molecular weight excluding hydrogens is 458 g/mol. The standard InChI is InChI=1S/C26H29N7O3/c1-16-10-17(2)23-19(11-16)13-20(26(34)27-23)24(32-8-6-31(3)7-9-32)25-28-29-30-33(25)14-18-4-5-21-22(12-18)36-15-35-21/h4-5,10-13,24H,6-9,14-15H2,1-3H3,(H,27,34)/t24-/m0/s1. The second kappa shape index (κ2) is 9.03. The van der Waals surface area contributed by atoms with Crippen LogP contribution < -0.4 is 15.0 Å². The molecule has 10 heteroatoms. The molecule has 0 spiro atoms. The van der Waals surface area contributed by atoms with Crippen LogP contribution in [0.4, 0.5) is 0 Å². The van der Waals surface area contributed by atoms with E-state index in [2.05, 4.69) is 56.4 Å². The monoisotopic (exact) mass is 487 g/mol. The van der Waals surface area contributed by atoms with Crippen LogP contribution in [-0.2, 0) is 6.54 Å². The number of hydrogen-bond acceptors (Lipinski definition) is 8. The summed E-state index contributed by atoms with van der Waals surface area (Å²) in [6.45, 7) is 8.20. The van der Waals surface area contributed by atoms with Gasteiger partial charge >= 0.3 is 0 Å². The highest BCUT2D eigenvalue weighted by Gasteiger charge is 2.32. The first kappa shape index (κ1) is 22.7. The highest BCUT2D eigenvalue weighted by Crippen LogP contribution is 2.33. The summed E-state index contributed by atoms with van der Waals surface area (Å²) in [5, 5.41) is 13.8. The first-order valence-corrected chi connectivity index (χ1v) is 12.2. The summed E-state index contributed by atoms with van der Waals surface area (Å²) >= 11 is 0. The minimum absolute atomic E-state index is 0.115. The minimum Gasteiger partial charge on any atom is -0.454 e. The number of pyridine rings is 1. The Kier molecular flexibility index (Phi) is 5.69. The first-order valence-electron chi connectivity index (χ1n) is 12.2. The Bertz CT molecular complexity index is 1490. The number of H-pyrrole nitrogens is 1. The number of rotatable bonds is 5. The van der Waals surface area contributed by atoms with Gasteiger partial charge in [0.15, 0.2) is 17.3 Å². The van der Waals surface area contributed by atoms with Crippen molar-refractivity contribution in [1.29, 1.82) is 0 Å². The Balaban J connectivity index is 1.44. The van der Waals surface area contributed by atoms with Crippen molar-refractivity contribution in [3.63, 3.8) is 0 Å². The number of benzene rings is 2. The highest BCUT2D eigenvalue weighted by atomic mass is 16.7. The molecule has 1 N–H and O–H groups in total. The van der Waals surface area contributed by atoms with Gasteiger partial charge in [-0.1, -0.05) is 17.7 Å². The number of fused-ring (bicyclic) bond motifs is 2. The zero-order valence-electron chi connectivity index (χ0n) is 20.7. The summed E-state index contributed by atoms with van der Waals surface area (Å²) in [7, 11) is 2.12. The number of nitrogens with one attached hydrogen (secondary N) is 1. The van der Waals surface area contributed by atoms with Gasteiger partial charge in [-0.2, -0.15) is 0 Å². The maximum absolute atomic E-state index is 13.5. The van der Waals surface area contributed by atoms with Gasteiger partial charge in [0.25, 0.3) is 5.56 Å². The van der Waals surface area contributed by atoms with Crippen LogP contribution in [0.25, 0.3) is 10.9 Å². The predicted octanol–water partition coefficient (Wildman–Crippen LogP) is 2.25. The number of hydrogen-bond donors (Lipinski definition) is 1. The molecule has 2 aliphatic heterocycles. The van der Waals surface area contributed by atoms with Crippen LogP contribution in [0.1, 0.15) is 34.1 Å². The van der Waals surface area contributed by atoms with Gasteiger partial charge in [0, 0.05) is 31.7 Å². The summed E-state index contributed by atoms with van der Waals surface area (Å²) in [5.74, 6) is 2.10. The third kappa shape index (κ3) is 4.12. The normalized spacial score (nSPS) is 17.1. The molecule has 1 fully saturated rings. The van der Waals surface area contributed by atoms with Crippen molar-refractivity contribution in [1.82, 2.24) is 35.0 Å². The molecule has 0 bridgehead atoms. The molecule has 0 radical (unpaired) electrons. The Hall–Kier alpha value is -3.76. The average molecular weight is 488 g/mol. The zero-order valence-corrected chi connectivity index (χ0v) is 20.7. The van der Waals surface area contributed by atoms with Crippen molar-refractivity contribution in [2.24, 2.45) is 0 Å². The number of likely N-dealkylation sites (N-methyl/N-ethyl adjacent to an activating group) is 1. The number of nitrogens with zero attached hydrogens (tertiary/aromatic N) is 6. The van der Waals surface area contributed by atoms with Crippen molar-refractivity contribution in [3.05, 3.63) is 74.8 Å². The predicted molar refractivity (Wildman–Crippen MR) is 134 cm³/mol. The van der Waals surface area contributed by atoms with E-state index in [0.29, 0.717) is 17.9 Å². The van der Waals surface area contributed by atoms with Crippen molar-refractivity contribution in [2.75, 3.05) is 40.0 Å². The molecular formula is C26H29N7O3. The summed E-state index contributed by atoms with van der Waals surface area (Å²) in [4.78, 5) is 21.2. The summed E-state index contributed by atoms with van der Waals surface area (Å²) < 4.78 is 12.8. The molecule has 0 aliphatic carbocycles. The lowest BCUT2D eigenvalue weighted by molar-refractivity contribution is 0.121. The van der Waals surface area contributed by atoms with Crippen LogP contribution in [0.5, 0.6) is 11.5 Å². The average Bonchev–Trinajstić information content (AvgIpc) is 3.51. The molecule has 186 valence electrons. The van der Waals surface area contributed by atoms with Gasteiger partial charge in [0.2, 0.25) is 6.79 Å². The third-order valence-electron chi connectivity index (χ3n) is 7.09. The van der Waals surface area contributed by atoms with Gasteiger partial charge < -0.3 is 19.4 Å². The first-order chi connectivity index (χ1) is 17.5. The fourth-order valence-electron chi connectivity index (χ4n) is 5.22. The number of aryl methyl sites for hydroxylation is 2. The van der Waals surface area contributed by atoms with Gasteiger partial charge in [0.05, 0.1) is 12.1 Å². The molecule has 36 heavy (non-hydrogen) atoms. The SMILES string of the molecule is Cc1cc(C)c2[nH]c(=O)c([C@@H](c3nnnn3Cc3ccc4c(c3)OCO4)N3CCN(C)CC3)cc2c1. The molecule has 6 rings (SSSR count). The summed E-state index contributed by atoms with van der Waals surface area (Å²) in [6, 6.07) is 11.7. The molecule has 0 unspecified atom stereocenters.